The van der Waals surface area contributed by atoms with E-state index >= 15 is 0 Å². The lowest BCUT2D eigenvalue weighted by molar-refractivity contribution is 0.0972. The smallest absolute Gasteiger partial charge is 0.131 e. The van der Waals surface area contributed by atoms with Crippen molar-refractivity contribution >= 4 is 11.8 Å². The van der Waals surface area contributed by atoms with E-state index < -0.39 is 5.60 Å². The molecular weight excluding hydrogens is 388 g/mol. The zero-order valence-corrected chi connectivity index (χ0v) is 19.9. The molecule has 0 saturated carbocycles. The first-order valence-electron chi connectivity index (χ1n) is 11.0. The molecule has 0 spiro atoms. The zero-order chi connectivity index (χ0) is 23.0. The number of rotatable bonds is 11. The van der Waals surface area contributed by atoms with Crippen LogP contribution in [0.2, 0.25) is 0 Å². The van der Waals surface area contributed by atoms with Gasteiger partial charge in [-0.05, 0) is 32.8 Å². The van der Waals surface area contributed by atoms with Crippen molar-refractivity contribution in [2.24, 2.45) is 0 Å². The van der Waals surface area contributed by atoms with Gasteiger partial charge < -0.3 is 19.1 Å². The van der Waals surface area contributed by atoms with Crippen molar-refractivity contribution in [3.63, 3.8) is 0 Å². The van der Waals surface area contributed by atoms with E-state index in [1.54, 1.807) is 14.2 Å². The Balaban J connectivity index is 2.49. The van der Waals surface area contributed by atoms with E-state index in [2.05, 4.69) is 43.5 Å². The zero-order valence-electron chi connectivity index (χ0n) is 19.9. The summed E-state index contributed by atoms with van der Waals surface area (Å²) in [5.74, 6) is 1.88. The Labute approximate surface area is 187 Å². The van der Waals surface area contributed by atoms with Gasteiger partial charge in [0.15, 0.2) is 0 Å². The molecule has 0 radical (unpaired) electrons. The van der Waals surface area contributed by atoms with Crippen LogP contribution in [0.1, 0.15) is 58.9 Å². The van der Waals surface area contributed by atoms with Gasteiger partial charge in [-0.3, -0.25) is 0 Å². The fraction of sp³-hybridized carbons (Fsp3) is 0.500. The minimum absolute atomic E-state index is 0.406. The minimum Gasteiger partial charge on any atom is -0.496 e. The van der Waals surface area contributed by atoms with Gasteiger partial charge in [-0.15, -0.1) is 0 Å². The predicted molar refractivity (Wildman–Crippen MR) is 128 cm³/mol. The van der Waals surface area contributed by atoms with E-state index in [0.717, 1.165) is 67.1 Å². The number of ether oxygens (including phenoxy) is 3. The highest BCUT2D eigenvalue weighted by atomic mass is 16.5. The largest absolute Gasteiger partial charge is 0.496 e. The number of hydrogen-bond acceptors (Lipinski definition) is 5. The Hall–Kier alpha value is -2.87. The number of allylic oxidation sites excluding steroid dienone is 1. The van der Waals surface area contributed by atoms with Crippen molar-refractivity contribution in [2.45, 2.75) is 59.0 Å². The van der Waals surface area contributed by atoms with Crippen LogP contribution in [-0.4, -0.2) is 32.9 Å². The van der Waals surface area contributed by atoms with Gasteiger partial charge in [0, 0.05) is 36.5 Å². The van der Waals surface area contributed by atoms with Crippen molar-refractivity contribution in [1.82, 2.24) is 0 Å². The molecule has 0 amide bonds. The van der Waals surface area contributed by atoms with Gasteiger partial charge in [0.25, 0.3) is 0 Å². The fourth-order valence-corrected chi connectivity index (χ4v) is 3.78. The summed E-state index contributed by atoms with van der Waals surface area (Å²) in [5, 5.41) is 9.54. The summed E-state index contributed by atoms with van der Waals surface area (Å²) < 4.78 is 17.3. The molecule has 0 bridgehead atoms. The van der Waals surface area contributed by atoms with Crippen molar-refractivity contribution in [2.75, 3.05) is 32.2 Å². The highest BCUT2D eigenvalue weighted by Gasteiger charge is 2.35. The maximum Gasteiger partial charge on any atom is 0.131 e. The van der Waals surface area contributed by atoms with Crippen LogP contribution in [0.5, 0.6) is 11.5 Å². The molecule has 168 valence electrons. The number of nitrogens with zero attached hydrogens (tertiary/aromatic N) is 2. The lowest BCUT2D eigenvalue weighted by Gasteiger charge is -2.26. The number of nitriles is 1. The van der Waals surface area contributed by atoms with Crippen LogP contribution in [0.4, 0.5) is 5.69 Å². The normalized spacial score (nSPS) is 15.2. The molecule has 0 atom stereocenters. The fourth-order valence-electron chi connectivity index (χ4n) is 3.78. The summed E-state index contributed by atoms with van der Waals surface area (Å²) in [6.07, 6.45) is 8.41. The van der Waals surface area contributed by atoms with E-state index in [1.807, 2.05) is 26.0 Å². The molecule has 0 aliphatic carbocycles. The first-order valence-corrected chi connectivity index (χ1v) is 11.0. The summed E-state index contributed by atoms with van der Waals surface area (Å²) in [4.78, 5) is 2.40. The molecule has 0 fully saturated rings. The summed E-state index contributed by atoms with van der Waals surface area (Å²) in [5.41, 5.74) is 2.58. The number of methoxy groups -OCH3 is 2. The van der Waals surface area contributed by atoms with Crippen LogP contribution in [0, 0.1) is 11.3 Å². The standard InChI is InChI=1S/C26H36N2O3/c1-8-10-14-28(15-11-9-2)20-16-24(29-6)21(25(17-20)30-7)12-13-23-22(18-27)19(3)31-26(23,4)5/h12-13,16-17H,3,8-11,14-15H2,1-2,4-7H3/b13-12+. The quantitative estimate of drug-likeness (QED) is 0.419. The molecule has 1 aliphatic rings. The van der Waals surface area contributed by atoms with Gasteiger partial charge in [0.1, 0.15) is 34.5 Å². The van der Waals surface area contributed by atoms with Crippen LogP contribution in [0.15, 0.2) is 41.7 Å². The van der Waals surface area contributed by atoms with Crippen LogP contribution in [-0.2, 0) is 4.74 Å². The van der Waals surface area contributed by atoms with Crippen molar-refractivity contribution in [1.29, 1.82) is 5.26 Å². The maximum absolute atomic E-state index is 9.54. The SMILES string of the molecule is C=C1OC(C)(C)C(/C=C/c2c(OC)cc(N(CCCC)CCCC)cc2OC)=C1C#N. The van der Waals surface area contributed by atoms with Crippen LogP contribution < -0.4 is 14.4 Å². The Morgan fingerprint density at radius 3 is 2.06 bits per heavy atom. The van der Waals surface area contributed by atoms with E-state index in [1.165, 1.54) is 0 Å². The first kappa shape index (κ1) is 24.4. The van der Waals surface area contributed by atoms with E-state index in [-0.39, 0.29) is 0 Å². The predicted octanol–water partition coefficient (Wildman–Crippen LogP) is 6.27. The third-order valence-corrected chi connectivity index (χ3v) is 5.56. The third kappa shape index (κ3) is 5.64. The third-order valence-electron chi connectivity index (χ3n) is 5.56. The molecule has 0 unspecified atom stereocenters. The second-order valence-corrected chi connectivity index (χ2v) is 8.23. The molecule has 1 aliphatic heterocycles. The molecule has 2 rings (SSSR count). The number of anilines is 1. The van der Waals surface area contributed by atoms with E-state index in [9.17, 15) is 5.26 Å². The van der Waals surface area contributed by atoms with Gasteiger partial charge in [0.05, 0.1) is 19.8 Å². The summed E-state index contributed by atoms with van der Waals surface area (Å²) in [6, 6.07) is 6.35. The molecule has 0 aromatic heterocycles. The van der Waals surface area contributed by atoms with Gasteiger partial charge >= 0.3 is 0 Å². The highest BCUT2D eigenvalue weighted by molar-refractivity contribution is 5.72. The summed E-state index contributed by atoms with van der Waals surface area (Å²) in [7, 11) is 3.34. The molecule has 1 aromatic carbocycles. The van der Waals surface area contributed by atoms with Crippen molar-refractivity contribution < 1.29 is 14.2 Å². The van der Waals surface area contributed by atoms with Gasteiger partial charge in [-0.2, -0.15) is 5.26 Å². The number of hydrogen-bond donors (Lipinski definition) is 0. The molecule has 5 heteroatoms. The second-order valence-electron chi connectivity index (χ2n) is 8.23. The summed E-state index contributed by atoms with van der Waals surface area (Å²) >= 11 is 0. The highest BCUT2D eigenvalue weighted by Crippen LogP contribution is 2.40. The van der Waals surface area contributed by atoms with Crippen LogP contribution in [0.3, 0.4) is 0 Å². The van der Waals surface area contributed by atoms with Gasteiger partial charge in [-0.1, -0.05) is 39.3 Å². The molecule has 1 aromatic rings. The Bertz CT molecular complexity index is 857. The Morgan fingerprint density at radius 1 is 1.06 bits per heavy atom. The monoisotopic (exact) mass is 424 g/mol. The van der Waals surface area contributed by atoms with Crippen molar-refractivity contribution in [3.05, 3.63) is 47.3 Å². The minimum atomic E-state index is -0.615. The molecular formula is C26H36N2O3. The van der Waals surface area contributed by atoms with E-state index in [0.29, 0.717) is 11.3 Å². The molecule has 1 heterocycles. The van der Waals surface area contributed by atoms with Gasteiger partial charge in [0.2, 0.25) is 0 Å². The molecule has 31 heavy (non-hydrogen) atoms. The molecule has 0 N–H and O–H groups in total. The average Bonchev–Trinajstić information content (AvgIpc) is 2.98. The molecule has 5 nitrogen and oxygen atoms in total. The van der Waals surface area contributed by atoms with Gasteiger partial charge in [-0.25, -0.2) is 0 Å². The lowest BCUT2D eigenvalue weighted by atomic mass is 9.94. The van der Waals surface area contributed by atoms with Crippen LogP contribution >= 0.6 is 0 Å². The van der Waals surface area contributed by atoms with E-state index in [4.69, 9.17) is 14.2 Å². The van der Waals surface area contributed by atoms with Crippen LogP contribution in [0.25, 0.3) is 6.08 Å². The maximum atomic E-state index is 9.54. The second kappa shape index (κ2) is 10.9. The topological polar surface area (TPSA) is 54.7 Å². The Morgan fingerprint density at radius 2 is 1.61 bits per heavy atom. The number of unbranched alkanes of at least 4 members (excludes halogenated alkanes) is 2. The first-order chi connectivity index (χ1) is 14.8. The number of benzene rings is 1. The van der Waals surface area contributed by atoms with Crippen molar-refractivity contribution in [3.8, 4) is 17.6 Å². The Kier molecular flexibility index (Phi) is 8.62. The average molecular weight is 425 g/mol. The summed E-state index contributed by atoms with van der Waals surface area (Å²) in [6.45, 7) is 14.1. The lowest BCUT2D eigenvalue weighted by Crippen LogP contribution is -2.25. The molecule has 0 saturated heterocycles.